The number of rotatable bonds is 17. The van der Waals surface area contributed by atoms with Crippen molar-refractivity contribution in [2.75, 3.05) is 39.5 Å². The third kappa shape index (κ3) is 17.4. The molecule has 0 heterocycles. The molecule has 0 bridgehead atoms. The smallest absolute Gasteiger partial charge is 0.464 e. The van der Waals surface area contributed by atoms with E-state index in [0.29, 0.717) is 38.8 Å². The Bertz CT molecular complexity index is 521. The van der Waals surface area contributed by atoms with E-state index in [1.165, 1.54) is 0 Å². The predicted octanol–water partition coefficient (Wildman–Crippen LogP) is 2.83. The highest BCUT2D eigenvalue weighted by atomic mass is 28.4. The van der Waals surface area contributed by atoms with Gasteiger partial charge in [-0.15, -0.1) is 0 Å². The van der Waals surface area contributed by atoms with Gasteiger partial charge in [0.2, 0.25) is 5.91 Å². The minimum absolute atomic E-state index is 0.0417. The molecule has 11 heteroatoms. The minimum Gasteiger partial charge on any atom is -0.464 e. The zero-order chi connectivity index (χ0) is 25.7. The van der Waals surface area contributed by atoms with Gasteiger partial charge < -0.3 is 34.4 Å². The maximum Gasteiger partial charge on any atom is 0.500 e. The average molecular weight is 494 g/mol. The van der Waals surface area contributed by atoms with Crippen molar-refractivity contribution < 1.29 is 32.4 Å². The number of carbonyl (C=O) groups is 3. The first-order valence-electron chi connectivity index (χ1n) is 12.0. The number of carbonyl (C=O) groups excluding carboxylic acids is 3. The van der Waals surface area contributed by atoms with Gasteiger partial charge in [-0.25, -0.2) is 4.79 Å². The molecule has 0 fully saturated rings. The molecule has 196 valence electrons. The number of ether oxygens (including phenoxy) is 1. The standard InChI is InChI=1S/C17H36N2O6Si.C5H11NO/c1-6-15(5)16(20)22-13-12-19-17(21)18-11-10-14-26(23-7-2,24-8-3)25-9-4;1-3-4(2)5(6)7/h15H,6-14H2,1-5H3,(H2,18,19,21);4H,3H2,1-2H3,(H2,6,7). The Morgan fingerprint density at radius 2 is 1.30 bits per heavy atom. The third-order valence-corrected chi connectivity index (χ3v) is 7.93. The summed E-state index contributed by atoms with van der Waals surface area (Å²) in [6, 6.07) is 0.357. The summed E-state index contributed by atoms with van der Waals surface area (Å²) in [5.74, 6) is -0.518. The molecule has 2 unspecified atom stereocenters. The van der Waals surface area contributed by atoms with Crippen LogP contribution in [0.2, 0.25) is 6.04 Å². The van der Waals surface area contributed by atoms with Gasteiger partial charge in [0.05, 0.1) is 12.5 Å². The molecule has 0 aromatic carbocycles. The van der Waals surface area contributed by atoms with E-state index in [2.05, 4.69) is 10.6 Å². The highest BCUT2D eigenvalue weighted by Gasteiger charge is 2.39. The van der Waals surface area contributed by atoms with Crippen molar-refractivity contribution in [2.45, 2.75) is 73.8 Å². The van der Waals surface area contributed by atoms with Crippen LogP contribution in [0.3, 0.4) is 0 Å². The zero-order valence-corrected chi connectivity index (χ0v) is 22.7. The summed E-state index contributed by atoms with van der Waals surface area (Å²) in [4.78, 5) is 33.4. The van der Waals surface area contributed by atoms with Crippen molar-refractivity contribution >= 4 is 26.7 Å². The highest BCUT2D eigenvalue weighted by Crippen LogP contribution is 2.17. The van der Waals surface area contributed by atoms with Crippen LogP contribution in [0.4, 0.5) is 4.79 Å². The number of esters is 1. The van der Waals surface area contributed by atoms with Crippen LogP contribution in [0.25, 0.3) is 0 Å². The van der Waals surface area contributed by atoms with Crippen LogP contribution >= 0.6 is 0 Å². The van der Waals surface area contributed by atoms with Crippen molar-refractivity contribution in [3.05, 3.63) is 0 Å². The van der Waals surface area contributed by atoms with Gasteiger partial charge >= 0.3 is 20.8 Å². The number of hydrogen-bond acceptors (Lipinski definition) is 7. The average Bonchev–Trinajstić information content (AvgIpc) is 2.79. The molecule has 0 aliphatic rings. The Balaban J connectivity index is 0. The van der Waals surface area contributed by atoms with Gasteiger partial charge in [0.25, 0.3) is 0 Å². The first kappa shape index (κ1) is 33.5. The van der Waals surface area contributed by atoms with E-state index in [1.54, 1.807) is 0 Å². The fourth-order valence-electron chi connectivity index (χ4n) is 2.40. The van der Waals surface area contributed by atoms with Crippen LogP contribution in [0.5, 0.6) is 0 Å². The Kier molecular flexibility index (Phi) is 21.2. The van der Waals surface area contributed by atoms with Crippen molar-refractivity contribution in [2.24, 2.45) is 17.6 Å². The molecule has 2 atom stereocenters. The second-order valence-electron chi connectivity index (χ2n) is 7.46. The van der Waals surface area contributed by atoms with Gasteiger partial charge in [-0.3, -0.25) is 9.59 Å². The Morgan fingerprint density at radius 1 is 0.818 bits per heavy atom. The molecule has 0 saturated carbocycles. The number of urea groups is 1. The van der Waals surface area contributed by atoms with Crippen LogP contribution in [0, 0.1) is 11.8 Å². The van der Waals surface area contributed by atoms with Gasteiger partial charge in [-0.05, 0) is 40.0 Å². The number of amides is 3. The lowest BCUT2D eigenvalue weighted by atomic mass is 10.1. The van der Waals surface area contributed by atoms with E-state index in [4.69, 9.17) is 23.7 Å². The van der Waals surface area contributed by atoms with E-state index >= 15 is 0 Å². The summed E-state index contributed by atoms with van der Waals surface area (Å²) in [5.41, 5.74) is 4.91. The predicted molar refractivity (Wildman–Crippen MR) is 131 cm³/mol. The molecule has 3 amide bonds. The van der Waals surface area contributed by atoms with Gasteiger partial charge in [0.15, 0.2) is 0 Å². The first-order valence-corrected chi connectivity index (χ1v) is 13.9. The Hall–Kier alpha value is -1.69. The summed E-state index contributed by atoms with van der Waals surface area (Å²) in [6.45, 7) is 15.8. The van der Waals surface area contributed by atoms with Crippen molar-refractivity contribution in [3.8, 4) is 0 Å². The van der Waals surface area contributed by atoms with Crippen molar-refractivity contribution in [3.63, 3.8) is 0 Å². The van der Waals surface area contributed by atoms with E-state index in [9.17, 15) is 14.4 Å². The minimum atomic E-state index is -2.66. The molecule has 0 aliphatic heterocycles. The van der Waals surface area contributed by atoms with E-state index < -0.39 is 8.80 Å². The molecular formula is C22H47N3O7Si. The van der Waals surface area contributed by atoms with Gasteiger partial charge in [0.1, 0.15) is 6.61 Å². The van der Waals surface area contributed by atoms with Gasteiger partial charge in [-0.2, -0.15) is 0 Å². The molecule has 33 heavy (non-hydrogen) atoms. The number of primary amides is 1. The number of hydrogen-bond donors (Lipinski definition) is 3. The van der Waals surface area contributed by atoms with Crippen LogP contribution in [0.1, 0.15) is 67.7 Å². The van der Waals surface area contributed by atoms with Crippen molar-refractivity contribution in [1.29, 1.82) is 0 Å². The molecule has 10 nitrogen and oxygen atoms in total. The number of nitrogens with two attached hydrogens (primary N) is 1. The summed E-state index contributed by atoms with van der Waals surface area (Å²) >= 11 is 0. The van der Waals surface area contributed by atoms with Crippen LogP contribution in [-0.2, 0) is 27.6 Å². The van der Waals surface area contributed by atoms with Gasteiger partial charge in [0, 0.05) is 38.3 Å². The van der Waals surface area contributed by atoms with E-state index in [1.807, 2.05) is 48.5 Å². The summed E-state index contributed by atoms with van der Waals surface area (Å²) in [6.07, 6.45) is 2.28. The summed E-state index contributed by atoms with van der Waals surface area (Å²) in [7, 11) is -2.66. The maximum absolute atomic E-state index is 11.7. The molecule has 0 aliphatic carbocycles. The van der Waals surface area contributed by atoms with E-state index in [-0.39, 0.29) is 42.9 Å². The largest absolute Gasteiger partial charge is 0.500 e. The van der Waals surface area contributed by atoms with Crippen LogP contribution in [-0.4, -0.2) is 66.2 Å². The fourth-order valence-corrected chi connectivity index (χ4v) is 5.01. The molecule has 4 N–H and O–H groups in total. The highest BCUT2D eigenvalue weighted by molar-refractivity contribution is 6.60. The second-order valence-corrected chi connectivity index (χ2v) is 10.2. The fraction of sp³-hybridized carbons (Fsp3) is 0.864. The lowest BCUT2D eigenvalue weighted by Gasteiger charge is -2.28. The molecule has 0 aromatic heterocycles. The van der Waals surface area contributed by atoms with E-state index in [0.717, 1.165) is 12.8 Å². The molecule has 0 rings (SSSR count). The van der Waals surface area contributed by atoms with Gasteiger partial charge in [-0.1, -0.05) is 27.7 Å². The molecule has 0 aromatic rings. The van der Waals surface area contributed by atoms with Crippen molar-refractivity contribution in [1.82, 2.24) is 10.6 Å². The SMILES string of the molecule is CCC(C)C(N)=O.CCO[Si](CCCNC(=O)NCCOC(=O)C(C)CC)(OCC)OCC. The third-order valence-electron chi connectivity index (χ3n) is 4.78. The first-order chi connectivity index (χ1) is 15.6. The zero-order valence-electron chi connectivity index (χ0n) is 21.7. The Morgan fingerprint density at radius 3 is 1.70 bits per heavy atom. The quantitative estimate of drug-likeness (QED) is 0.161. The molecular weight excluding hydrogens is 446 g/mol. The molecule has 0 spiro atoms. The lowest BCUT2D eigenvalue weighted by Crippen LogP contribution is -2.46. The summed E-state index contributed by atoms with van der Waals surface area (Å²) < 4.78 is 22.4. The maximum atomic E-state index is 11.7. The topological polar surface area (TPSA) is 138 Å². The Labute approximate surface area is 201 Å². The normalized spacial score (nSPS) is 12.7. The van der Waals surface area contributed by atoms with Crippen LogP contribution < -0.4 is 16.4 Å². The molecule has 0 radical (unpaired) electrons. The molecule has 0 saturated heterocycles. The van der Waals surface area contributed by atoms with Crippen LogP contribution in [0.15, 0.2) is 0 Å². The second kappa shape index (κ2) is 20.9. The lowest BCUT2D eigenvalue weighted by molar-refractivity contribution is -0.147. The number of nitrogens with one attached hydrogen (secondary N) is 2. The summed E-state index contributed by atoms with van der Waals surface area (Å²) in [5, 5.41) is 5.43. The monoisotopic (exact) mass is 493 g/mol.